The van der Waals surface area contributed by atoms with Crippen molar-refractivity contribution in [3.63, 3.8) is 0 Å². The molecule has 0 bridgehead atoms. The van der Waals surface area contributed by atoms with Gasteiger partial charge < -0.3 is 20.1 Å². The van der Waals surface area contributed by atoms with Crippen LogP contribution in [0.2, 0.25) is 0 Å². The van der Waals surface area contributed by atoms with Gasteiger partial charge in [-0.15, -0.1) is 0 Å². The Morgan fingerprint density at radius 2 is 2.33 bits per heavy atom. The molecule has 18 heavy (non-hydrogen) atoms. The number of hydrogen-bond acceptors (Lipinski definition) is 3. The molecule has 0 aromatic heterocycles. The van der Waals surface area contributed by atoms with Crippen LogP contribution in [0.25, 0.3) is 0 Å². The Kier molecular flexibility index (Phi) is 8.59. The van der Waals surface area contributed by atoms with Gasteiger partial charge in [-0.2, -0.15) is 0 Å². The molecule has 1 saturated heterocycles. The van der Waals surface area contributed by atoms with Crippen LogP contribution in [-0.4, -0.2) is 52.0 Å². The first-order chi connectivity index (χ1) is 8.86. The summed E-state index contributed by atoms with van der Waals surface area (Å²) in [5.41, 5.74) is 0. The molecule has 0 aliphatic carbocycles. The minimum Gasteiger partial charge on any atom is -0.385 e. The number of nitrogens with zero attached hydrogens (tertiary/aromatic N) is 1. The molecule has 0 aromatic rings. The van der Waals surface area contributed by atoms with Crippen LogP contribution in [0.3, 0.4) is 0 Å². The summed E-state index contributed by atoms with van der Waals surface area (Å²) in [4.78, 5) is 4.49. The Hall–Kier alpha value is -0.810. The van der Waals surface area contributed by atoms with Gasteiger partial charge in [-0.05, 0) is 32.6 Å². The number of ether oxygens (including phenoxy) is 2. The van der Waals surface area contributed by atoms with Crippen molar-refractivity contribution in [2.24, 2.45) is 4.99 Å². The Morgan fingerprint density at radius 3 is 3.00 bits per heavy atom. The third-order valence-corrected chi connectivity index (χ3v) is 2.90. The molecule has 0 radical (unpaired) electrons. The molecule has 5 heteroatoms. The quantitative estimate of drug-likeness (QED) is 0.389. The average Bonchev–Trinajstić information content (AvgIpc) is 2.87. The third-order valence-electron chi connectivity index (χ3n) is 2.90. The summed E-state index contributed by atoms with van der Waals surface area (Å²) < 4.78 is 10.6. The molecule has 0 amide bonds. The van der Waals surface area contributed by atoms with E-state index in [1.165, 1.54) is 12.8 Å². The van der Waals surface area contributed by atoms with Gasteiger partial charge in [-0.1, -0.05) is 0 Å². The molecule has 1 unspecified atom stereocenters. The molecule has 1 aliphatic rings. The summed E-state index contributed by atoms with van der Waals surface area (Å²) in [5.74, 6) is 0.895. The van der Waals surface area contributed by atoms with E-state index in [1.807, 2.05) is 0 Å². The van der Waals surface area contributed by atoms with E-state index >= 15 is 0 Å². The lowest BCUT2D eigenvalue weighted by molar-refractivity contribution is 0.105. The zero-order valence-corrected chi connectivity index (χ0v) is 11.7. The van der Waals surface area contributed by atoms with Crippen LogP contribution >= 0.6 is 0 Å². The molecule has 0 saturated carbocycles. The molecule has 106 valence electrons. The van der Waals surface area contributed by atoms with E-state index in [1.54, 1.807) is 7.11 Å². The Morgan fingerprint density at radius 1 is 1.44 bits per heavy atom. The van der Waals surface area contributed by atoms with Crippen molar-refractivity contribution in [3.8, 4) is 0 Å². The highest BCUT2D eigenvalue weighted by Gasteiger charge is 2.14. The maximum atomic E-state index is 5.59. The molecule has 1 rings (SSSR count). The summed E-state index contributed by atoms with van der Waals surface area (Å²) in [6.45, 7) is 6.36. The van der Waals surface area contributed by atoms with Crippen molar-refractivity contribution in [2.45, 2.75) is 38.7 Å². The number of hydrogen-bond donors (Lipinski definition) is 2. The molecule has 1 fully saturated rings. The predicted octanol–water partition coefficient (Wildman–Crippen LogP) is 1.15. The Labute approximate surface area is 110 Å². The second-order valence-electron chi connectivity index (χ2n) is 4.46. The van der Waals surface area contributed by atoms with Crippen LogP contribution < -0.4 is 10.6 Å². The minimum absolute atomic E-state index is 0.439. The number of methoxy groups -OCH3 is 1. The fourth-order valence-electron chi connectivity index (χ4n) is 1.97. The second kappa shape index (κ2) is 10.1. The predicted molar refractivity (Wildman–Crippen MR) is 74.1 cm³/mol. The zero-order chi connectivity index (χ0) is 13.1. The van der Waals surface area contributed by atoms with Crippen molar-refractivity contribution >= 4 is 5.96 Å². The minimum atomic E-state index is 0.439. The second-order valence-corrected chi connectivity index (χ2v) is 4.46. The van der Waals surface area contributed by atoms with Crippen LogP contribution in [-0.2, 0) is 9.47 Å². The molecule has 1 atom stereocenters. The van der Waals surface area contributed by atoms with Gasteiger partial charge in [0.15, 0.2) is 5.96 Å². The van der Waals surface area contributed by atoms with Crippen molar-refractivity contribution < 1.29 is 9.47 Å². The summed E-state index contributed by atoms with van der Waals surface area (Å²) in [5, 5.41) is 6.58. The number of guanidine groups is 1. The highest BCUT2D eigenvalue weighted by atomic mass is 16.5. The van der Waals surface area contributed by atoms with Gasteiger partial charge in [-0.25, -0.2) is 0 Å². The van der Waals surface area contributed by atoms with E-state index in [2.05, 4.69) is 22.5 Å². The van der Waals surface area contributed by atoms with Gasteiger partial charge in [0.25, 0.3) is 0 Å². The monoisotopic (exact) mass is 257 g/mol. The largest absolute Gasteiger partial charge is 0.385 e. The normalized spacial score (nSPS) is 20.1. The first-order valence-corrected chi connectivity index (χ1v) is 6.99. The Bertz CT molecular complexity index is 228. The lowest BCUT2D eigenvalue weighted by Crippen LogP contribution is -2.38. The van der Waals surface area contributed by atoms with E-state index in [0.717, 1.165) is 51.6 Å². The molecular weight excluding hydrogens is 230 g/mol. The fraction of sp³-hybridized carbons (Fsp3) is 0.923. The van der Waals surface area contributed by atoms with Gasteiger partial charge in [0, 0.05) is 40.0 Å². The van der Waals surface area contributed by atoms with Crippen molar-refractivity contribution in [2.75, 3.05) is 40.0 Å². The van der Waals surface area contributed by atoms with E-state index in [-0.39, 0.29) is 0 Å². The lowest BCUT2D eigenvalue weighted by Gasteiger charge is -2.13. The first-order valence-electron chi connectivity index (χ1n) is 6.99. The number of aliphatic imine (C=N–C) groups is 1. The van der Waals surface area contributed by atoms with Gasteiger partial charge in [-0.3, -0.25) is 4.99 Å². The Balaban J connectivity index is 2.14. The summed E-state index contributed by atoms with van der Waals surface area (Å²) >= 11 is 0. The van der Waals surface area contributed by atoms with Gasteiger partial charge >= 0.3 is 0 Å². The topological polar surface area (TPSA) is 54.9 Å². The van der Waals surface area contributed by atoms with Crippen LogP contribution in [0.5, 0.6) is 0 Å². The van der Waals surface area contributed by atoms with E-state index in [9.17, 15) is 0 Å². The number of rotatable bonds is 8. The molecule has 0 spiro atoms. The van der Waals surface area contributed by atoms with Crippen LogP contribution in [0.15, 0.2) is 4.99 Å². The lowest BCUT2D eigenvalue weighted by atomic mass is 10.2. The van der Waals surface area contributed by atoms with Crippen molar-refractivity contribution in [3.05, 3.63) is 0 Å². The van der Waals surface area contributed by atoms with Crippen molar-refractivity contribution in [1.82, 2.24) is 10.6 Å². The molecule has 2 N–H and O–H groups in total. The molecule has 1 heterocycles. The standard InChI is InChI=1S/C13H27N3O2/c1-3-14-13(15-8-5-10-17-2)16-9-7-12-6-4-11-18-12/h12H,3-11H2,1-2H3,(H2,14,15,16). The van der Waals surface area contributed by atoms with Crippen LogP contribution in [0, 0.1) is 0 Å². The number of nitrogens with one attached hydrogen (secondary N) is 2. The van der Waals surface area contributed by atoms with Gasteiger partial charge in [0.1, 0.15) is 0 Å². The van der Waals surface area contributed by atoms with E-state index in [4.69, 9.17) is 9.47 Å². The SMILES string of the molecule is CCNC(=NCCCOC)NCCC1CCCO1. The molecule has 1 aliphatic heterocycles. The molecule has 0 aromatic carbocycles. The highest BCUT2D eigenvalue weighted by molar-refractivity contribution is 5.79. The molecular formula is C13H27N3O2. The highest BCUT2D eigenvalue weighted by Crippen LogP contribution is 2.14. The maximum absolute atomic E-state index is 5.59. The smallest absolute Gasteiger partial charge is 0.191 e. The van der Waals surface area contributed by atoms with Gasteiger partial charge in [0.2, 0.25) is 0 Å². The maximum Gasteiger partial charge on any atom is 0.191 e. The van der Waals surface area contributed by atoms with E-state index in [0.29, 0.717) is 6.10 Å². The van der Waals surface area contributed by atoms with Crippen molar-refractivity contribution in [1.29, 1.82) is 0 Å². The van der Waals surface area contributed by atoms with Crippen LogP contribution in [0.4, 0.5) is 0 Å². The summed E-state index contributed by atoms with van der Waals surface area (Å²) in [7, 11) is 1.72. The first kappa shape index (κ1) is 15.2. The summed E-state index contributed by atoms with van der Waals surface area (Å²) in [6, 6.07) is 0. The van der Waals surface area contributed by atoms with E-state index < -0.39 is 0 Å². The average molecular weight is 257 g/mol. The summed E-state index contributed by atoms with van der Waals surface area (Å²) in [6.07, 6.45) is 4.86. The van der Waals surface area contributed by atoms with Gasteiger partial charge in [0.05, 0.1) is 6.10 Å². The molecule has 5 nitrogen and oxygen atoms in total. The third kappa shape index (κ3) is 6.81. The van der Waals surface area contributed by atoms with Crippen LogP contribution in [0.1, 0.15) is 32.6 Å². The zero-order valence-electron chi connectivity index (χ0n) is 11.7. The fourth-order valence-corrected chi connectivity index (χ4v) is 1.97.